The van der Waals surface area contributed by atoms with Crippen molar-refractivity contribution in [3.8, 4) is 0 Å². The predicted molar refractivity (Wildman–Crippen MR) is 103 cm³/mol. The summed E-state index contributed by atoms with van der Waals surface area (Å²) in [4.78, 5) is 24.0. The van der Waals surface area contributed by atoms with Gasteiger partial charge in [-0.1, -0.05) is 12.1 Å². The monoisotopic (exact) mass is 382 g/mol. The Balaban J connectivity index is 1.52. The van der Waals surface area contributed by atoms with Crippen molar-refractivity contribution >= 4 is 39.9 Å². The van der Waals surface area contributed by atoms with Crippen LogP contribution in [0.4, 0.5) is 4.39 Å². The molecule has 0 unspecified atom stereocenters. The number of aliphatic imine (C=N–C) groups is 1. The normalized spacial score (nSPS) is 16.7. The lowest BCUT2D eigenvalue weighted by Crippen LogP contribution is -2.28. The standard InChI is InChI=1S/C19H15FN4O2S/c20-13-5-3-11(4-6-13)15(10-25)23-19-24-18(26)16(27-19)8-12-9-22-17-14(12)2-1-7-21-17/h1-9,15,25H,10H2,(H,21,22)(H,23,24,26)/b16-8-/t15-/m0/s1. The number of carbonyl (C=O) groups excluding carboxylic acids is 1. The molecule has 1 atom stereocenters. The summed E-state index contributed by atoms with van der Waals surface area (Å²) in [5, 5.41) is 14.0. The van der Waals surface area contributed by atoms with Crippen LogP contribution in [0, 0.1) is 5.82 Å². The minimum atomic E-state index is -0.485. The van der Waals surface area contributed by atoms with Gasteiger partial charge < -0.3 is 15.4 Å². The number of aromatic amines is 1. The molecular weight excluding hydrogens is 367 g/mol. The smallest absolute Gasteiger partial charge is 0.286 e. The van der Waals surface area contributed by atoms with E-state index in [1.165, 1.54) is 23.9 Å². The number of aliphatic hydroxyl groups excluding tert-OH is 1. The summed E-state index contributed by atoms with van der Waals surface area (Å²) in [5.41, 5.74) is 2.30. The number of pyridine rings is 1. The fourth-order valence-corrected chi connectivity index (χ4v) is 3.64. The largest absolute Gasteiger partial charge is 0.394 e. The zero-order chi connectivity index (χ0) is 18.8. The molecule has 0 spiro atoms. The van der Waals surface area contributed by atoms with Crippen LogP contribution in [0.3, 0.4) is 0 Å². The van der Waals surface area contributed by atoms with Crippen molar-refractivity contribution in [3.05, 3.63) is 70.6 Å². The summed E-state index contributed by atoms with van der Waals surface area (Å²) in [6.45, 7) is -0.216. The van der Waals surface area contributed by atoms with Crippen molar-refractivity contribution < 1.29 is 14.3 Å². The molecule has 3 heterocycles. The molecule has 1 aliphatic heterocycles. The lowest BCUT2D eigenvalue weighted by Gasteiger charge is -2.16. The molecule has 0 aliphatic carbocycles. The number of fused-ring (bicyclic) bond motifs is 1. The number of nitrogens with one attached hydrogen (secondary N) is 2. The number of nitrogens with zero attached hydrogens (tertiary/aromatic N) is 2. The molecule has 27 heavy (non-hydrogen) atoms. The zero-order valence-electron chi connectivity index (χ0n) is 14.0. The molecule has 3 N–H and O–H groups in total. The molecule has 4 rings (SSSR count). The van der Waals surface area contributed by atoms with Crippen molar-refractivity contribution in [1.29, 1.82) is 0 Å². The van der Waals surface area contributed by atoms with Gasteiger partial charge in [0.1, 0.15) is 11.5 Å². The van der Waals surface area contributed by atoms with E-state index in [9.17, 15) is 14.3 Å². The van der Waals surface area contributed by atoms with Crippen LogP contribution in [0.5, 0.6) is 0 Å². The number of thioether (sulfide) groups is 1. The summed E-state index contributed by atoms with van der Waals surface area (Å²) >= 11 is 1.20. The maximum atomic E-state index is 13.1. The zero-order valence-corrected chi connectivity index (χ0v) is 14.8. The maximum Gasteiger partial charge on any atom is 0.286 e. The van der Waals surface area contributed by atoms with Crippen molar-refractivity contribution in [3.63, 3.8) is 0 Å². The van der Waals surface area contributed by atoms with Crippen LogP contribution >= 0.6 is 11.8 Å². The third kappa shape index (κ3) is 3.62. The molecule has 0 saturated heterocycles. The van der Waals surface area contributed by atoms with Crippen LogP contribution in [0.1, 0.15) is 17.2 Å². The SMILES string of the molecule is O=C1N=C(N[C@@H](CO)c2ccc(F)cc2)S/C1=C\c1c[nH]c2ncccc12. The molecular formula is C19H15FN4O2S. The highest BCUT2D eigenvalue weighted by Gasteiger charge is 2.24. The van der Waals surface area contributed by atoms with Gasteiger partial charge in [-0.25, -0.2) is 9.37 Å². The number of amidine groups is 1. The maximum absolute atomic E-state index is 13.1. The minimum absolute atomic E-state index is 0.216. The fraction of sp³-hybridized carbons (Fsp3) is 0.105. The Labute approximate surface area is 158 Å². The number of rotatable bonds is 4. The Morgan fingerprint density at radius 2 is 2.11 bits per heavy atom. The highest BCUT2D eigenvalue weighted by atomic mass is 32.2. The average molecular weight is 382 g/mol. The Bertz CT molecular complexity index is 1060. The first-order valence-corrected chi connectivity index (χ1v) is 9.03. The second kappa shape index (κ2) is 7.34. The van der Waals surface area contributed by atoms with E-state index in [0.29, 0.717) is 15.6 Å². The van der Waals surface area contributed by atoms with E-state index in [1.54, 1.807) is 30.6 Å². The number of aliphatic hydroxyl groups is 1. The average Bonchev–Trinajstić information content (AvgIpc) is 3.24. The van der Waals surface area contributed by atoms with E-state index in [4.69, 9.17) is 0 Å². The molecule has 8 heteroatoms. The lowest BCUT2D eigenvalue weighted by molar-refractivity contribution is -0.113. The molecule has 0 radical (unpaired) electrons. The summed E-state index contributed by atoms with van der Waals surface area (Å²) in [6, 6.07) is 9.09. The number of hydrogen-bond donors (Lipinski definition) is 3. The lowest BCUT2D eigenvalue weighted by atomic mass is 10.1. The van der Waals surface area contributed by atoms with Crippen molar-refractivity contribution in [1.82, 2.24) is 15.3 Å². The van der Waals surface area contributed by atoms with Gasteiger partial charge in [0.2, 0.25) is 0 Å². The first-order valence-electron chi connectivity index (χ1n) is 8.21. The molecule has 1 aromatic carbocycles. The van der Waals surface area contributed by atoms with Crippen LogP contribution < -0.4 is 5.32 Å². The highest BCUT2D eigenvalue weighted by molar-refractivity contribution is 8.18. The van der Waals surface area contributed by atoms with E-state index in [0.717, 1.165) is 16.6 Å². The Kier molecular flexibility index (Phi) is 4.74. The number of benzene rings is 1. The van der Waals surface area contributed by atoms with Gasteiger partial charge in [0.15, 0.2) is 5.17 Å². The number of hydrogen-bond acceptors (Lipinski definition) is 5. The number of carbonyl (C=O) groups is 1. The van der Waals surface area contributed by atoms with E-state index in [2.05, 4.69) is 20.3 Å². The first kappa shape index (κ1) is 17.4. The van der Waals surface area contributed by atoms with E-state index < -0.39 is 6.04 Å². The molecule has 136 valence electrons. The van der Waals surface area contributed by atoms with Crippen molar-refractivity contribution in [2.24, 2.45) is 4.99 Å². The molecule has 2 aromatic heterocycles. The summed E-state index contributed by atoms with van der Waals surface area (Å²) in [7, 11) is 0. The second-order valence-electron chi connectivity index (χ2n) is 5.91. The van der Waals surface area contributed by atoms with E-state index in [-0.39, 0.29) is 18.3 Å². The summed E-state index contributed by atoms with van der Waals surface area (Å²) in [6.07, 6.45) is 5.25. The number of H-pyrrole nitrogens is 1. The van der Waals surface area contributed by atoms with Crippen LogP contribution in [-0.2, 0) is 4.79 Å². The van der Waals surface area contributed by atoms with Gasteiger partial charge in [-0.3, -0.25) is 4.79 Å². The quantitative estimate of drug-likeness (QED) is 0.604. The fourth-order valence-electron chi connectivity index (χ4n) is 2.79. The summed E-state index contributed by atoms with van der Waals surface area (Å²) in [5.74, 6) is -0.701. The van der Waals surface area contributed by atoms with Crippen molar-refractivity contribution in [2.75, 3.05) is 6.61 Å². The predicted octanol–water partition coefficient (Wildman–Crippen LogP) is 3.00. The van der Waals surface area contributed by atoms with Crippen LogP contribution in [0.2, 0.25) is 0 Å². The van der Waals surface area contributed by atoms with Crippen LogP contribution in [0.15, 0.2) is 58.7 Å². The highest BCUT2D eigenvalue weighted by Crippen LogP contribution is 2.30. The molecule has 3 aromatic rings. The number of halogens is 1. The third-order valence-electron chi connectivity index (χ3n) is 4.14. The molecule has 0 bridgehead atoms. The van der Waals surface area contributed by atoms with Crippen LogP contribution in [-0.4, -0.2) is 32.8 Å². The third-order valence-corrected chi connectivity index (χ3v) is 5.06. The van der Waals surface area contributed by atoms with Gasteiger partial charge in [0, 0.05) is 23.3 Å². The number of amides is 1. The molecule has 6 nitrogen and oxygen atoms in total. The van der Waals surface area contributed by atoms with E-state index >= 15 is 0 Å². The summed E-state index contributed by atoms with van der Waals surface area (Å²) < 4.78 is 13.1. The molecule has 1 amide bonds. The van der Waals surface area contributed by atoms with Crippen LogP contribution in [0.25, 0.3) is 17.1 Å². The van der Waals surface area contributed by atoms with E-state index in [1.807, 2.05) is 12.1 Å². The Hall–Kier alpha value is -2.97. The minimum Gasteiger partial charge on any atom is -0.394 e. The number of aromatic nitrogens is 2. The Morgan fingerprint density at radius 1 is 1.30 bits per heavy atom. The molecule has 0 fully saturated rings. The van der Waals surface area contributed by atoms with Gasteiger partial charge in [-0.05, 0) is 47.7 Å². The Morgan fingerprint density at radius 3 is 2.89 bits per heavy atom. The first-order chi connectivity index (χ1) is 13.1. The van der Waals surface area contributed by atoms with Gasteiger partial charge in [-0.15, -0.1) is 0 Å². The molecule has 0 saturated carbocycles. The van der Waals surface area contributed by atoms with Gasteiger partial charge >= 0.3 is 0 Å². The van der Waals surface area contributed by atoms with Gasteiger partial charge in [-0.2, -0.15) is 4.99 Å². The van der Waals surface area contributed by atoms with Crippen molar-refractivity contribution in [2.45, 2.75) is 6.04 Å². The van der Waals surface area contributed by atoms with Gasteiger partial charge in [0.25, 0.3) is 5.91 Å². The second-order valence-corrected chi connectivity index (χ2v) is 6.94. The molecule has 1 aliphatic rings. The van der Waals surface area contributed by atoms with Gasteiger partial charge in [0.05, 0.1) is 17.6 Å². The topological polar surface area (TPSA) is 90.4 Å².